The molecule has 3 aliphatic heterocycles. The molecule has 0 radical (unpaired) electrons. The molecule has 4 aromatic rings. The van der Waals surface area contributed by atoms with Crippen molar-refractivity contribution in [2.45, 2.75) is 30.2 Å². The van der Waals surface area contributed by atoms with Gasteiger partial charge in [-0.15, -0.1) is 11.8 Å². The van der Waals surface area contributed by atoms with E-state index in [0.717, 1.165) is 17.9 Å². The molecular weight excluding hydrogens is 741 g/mol. The molecule has 2 saturated heterocycles. The predicted octanol–water partition coefficient (Wildman–Crippen LogP) is 4.28. The zero-order valence-corrected chi connectivity index (χ0v) is 30.7. The molecule has 3 aromatic carbocycles. The summed E-state index contributed by atoms with van der Waals surface area (Å²) in [6, 6.07) is 11.7. The molecule has 2 N–H and O–H groups in total. The molecule has 3 aliphatic rings. The first kappa shape index (κ1) is 37.0. The van der Waals surface area contributed by atoms with Crippen molar-refractivity contribution < 1.29 is 37.8 Å². The van der Waals surface area contributed by atoms with Crippen LogP contribution in [-0.2, 0) is 14.4 Å². The quantitative estimate of drug-likeness (QED) is 0.120. The Morgan fingerprint density at radius 2 is 1.85 bits per heavy atom. The maximum absolute atomic E-state index is 13.7. The number of carbonyl (C=O) groups is 5. The minimum Gasteiger partial charge on any atom is -0.493 e. The molecule has 0 aliphatic carbocycles. The van der Waals surface area contributed by atoms with Crippen LogP contribution in [0.1, 0.15) is 40.0 Å². The van der Waals surface area contributed by atoms with E-state index in [1.165, 1.54) is 36.3 Å². The van der Waals surface area contributed by atoms with Crippen LogP contribution < -0.4 is 20.1 Å². The molecule has 2 fully saturated rings. The Kier molecular flexibility index (Phi) is 10.9. The van der Waals surface area contributed by atoms with Gasteiger partial charge in [0, 0.05) is 61.2 Å². The smallest absolute Gasteiger partial charge is 0.263 e. The molecule has 14 nitrogen and oxygen atoms in total. The minimum atomic E-state index is -1.05. The van der Waals surface area contributed by atoms with Gasteiger partial charge in [0.25, 0.3) is 11.8 Å². The lowest BCUT2D eigenvalue weighted by atomic mass is 10.0. The molecular formula is C37H35ClFN7O7S. The van der Waals surface area contributed by atoms with Crippen molar-refractivity contribution in [2.75, 3.05) is 57.5 Å². The monoisotopic (exact) mass is 775 g/mol. The van der Waals surface area contributed by atoms with E-state index in [1.54, 1.807) is 42.3 Å². The summed E-state index contributed by atoms with van der Waals surface area (Å²) in [7, 11) is 1.55. The first-order chi connectivity index (χ1) is 26.1. The number of carbonyl (C=O) groups excluding carboxylic acids is 5. The van der Waals surface area contributed by atoms with Crippen molar-refractivity contribution >= 4 is 75.3 Å². The molecule has 4 heterocycles. The van der Waals surface area contributed by atoms with Gasteiger partial charge in [-0.3, -0.25) is 39.1 Å². The van der Waals surface area contributed by atoms with Gasteiger partial charge in [-0.05, 0) is 49.2 Å². The van der Waals surface area contributed by atoms with Gasteiger partial charge in [0.15, 0.2) is 11.5 Å². The summed E-state index contributed by atoms with van der Waals surface area (Å²) in [5.41, 5.74) is 1.55. The molecule has 5 amide bonds. The number of aromatic nitrogens is 2. The molecule has 1 aromatic heterocycles. The van der Waals surface area contributed by atoms with Gasteiger partial charge >= 0.3 is 0 Å². The maximum Gasteiger partial charge on any atom is 0.263 e. The van der Waals surface area contributed by atoms with Gasteiger partial charge in [0.05, 0.1) is 41.1 Å². The number of nitrogens with one attached hydrogen (secondary N) is 2. The second kappa shape index (κ2) is 16.0. The van der Waals surface area contributed by atoms with Crippen molar-refractivity contribution in [1.29, 1.82) is 0 Å². The summed E-state index contributed by atoms with van der Waals surface area (Å²) in [6.45, 7) is 3.62. The largest absolute Gasteiger partial charge is 0.493 e. The maximum atomic E-state index is 13.7. The van der Waals surface area contributed by atoms with E-state index in [4.69, 9.17) is 21.1 Å². The van der Waals surface area contributed by atoms with Gasteiger partial charge in [-0.2, -0.15) is 0 Å². The third-order valence-electron chi connectivity index (χ3n) is 9.49. The van der Waals surface area contributed by atoms with Crippen LogP contribution in [0.2, 0.25) is 5.02 Å². The molecule has 0 spiro atoms. The van der Waals surface area contributed by atoms with Crippen LogP contribution >= 0.6 is 23.4 Å². The molecule has 0 saturated carbocycles. The van der Waals surface area contributed by atoms with Crippen LogP contribution in [0.15, 0.2) is 59.8 Å². The molecule has 7 rings (SSSR count). The second-order valence-corrected chi connectivity index (χ2v) is 14.3. The second-order valence-electron chi connectivity index (χ2n) is 12.8. The first-order valence-corrected chi connectivity index (χ1v) is 18.6. The first-order valence-electron chi connectivity index (χ1n) is 17.3. The third kappa shape index (κ3) is 7.67. The van der Waals surface area contributed by atoms with Gasteiger partial charge in [-0.1, -0.05) is 17.7 Å². The number of nitrogens with zero attached hydrogens (tertiary/aromatic N) is 5. The highest BCUT2D eigenvalue weighted by molar-refractivity contribution is 8.00. The lowest BCUT2D eigenvalue weighted by molar-refractivity contribution is -0.136. The highest BCUT2D eigenvalue weighted by Gasteiger charge is 2.45. The van der Waals surface area contributed by atoms with Crippen LogP contribution in [0.5, 0.6) is 11.5 Å². The molecule has 280 valence electrons. The third-order valence-corrected chi connectivity index (χ3v) is 10.8. The lowest BCUT2D eigenvalue weighted by Gasteiger charge is -2.34. The summed E-state index contributed by atoms with van der Waals surface area (Å²) in [5.74, 6) is -1.27. The standard InChI is InChI=1S/C37H35ClFN7O7S/c1-52-28-18-26-23(34(41-20-40-26)42-21-6-7-25(39)24(38)16-21)17-29(28)53-15-3-10-44-11-13-45(14-12-44)32(48)19-54-30-5-2-4-22-33(30)37(51)46(36(22)50)27-8-9-31(47)43-35(27)49/h2,4-7,16-18,20,27H,3,8-15,19H2,1H3,(H,40,41,42)(H,43,47,49). The Morgan fingerprint density at radius 3 is 2.61 bits per heavy atom. The fourth-order valence-corrected chi connectivity index (χ4v) is 7.83. The Hall–Kier alpha value is -5.32. The molecule has 17 heteroatoms. The van der Waals surface area contributed by atoms with Crippen LogP contribution in [0.25, 0.3) is 10.9 Å². The zero-order valence-electron chi connectivity index (χ0n) is 29.1. The number of methoxy groups -OCH3 is 1. The van der Waals surface area contributed by atoms with Crippen LogP contribution in [-0.4, -0.2) is 112 Å². The normalized spacial score (nSPS) is 17.5. The number of imide groups is 2. The molecule has 54 heavy (non-hydrogen) atoms. The minimum absolute atomic E-state index is 0.0110. The van der Waals surface area contributed by atoms with Gasteiger partial charge in [0.1, 0.15) is 24.0 Å². The number of thioether (sulfide) groups is 1. The number of hydrogen-bond acceptors (Lipinski definition) is 12. The molecule has 0 bridgehead atoms. The number of amides is 5. The van der Waals surface area contributed by atoms with E-state index in [9.17, 15) is 28.4 Å². The van der Waals surface area contributed by atoms with Crippen LogP contribution in [0.3, 0.4) is 0 Å². The van der Waals surface area contributed by atoms with Crippen LogP contribution in [0.4, 0.5) is 15.9 Å². The molecule has 1 unspecified atom stereocenters. The van der Waals surface area contributed by atoms with Gasteiger partial charge in [-0.25, -0.2) is 14.4 Å². The van der Waals surface area contributed by atoms with Crippen molar-refractivity contribution in [2.24, 2.45) is 0 Å². The summed E-state index contributed by atoms with van der Waals surface area (Å²) in [4.78, 5) is 78.0. The fourth-order valence-electron chi connectivity index (χ4n) is 6.67. The fraction of sp³-hybridized carbons (Fsp3) is 0.324. The van der Waals surface area contributed by atoms with Crippen LogP contribution in [0, 0.1) is 5.82 Å². The van der Waals surface area contributed by atoms with E-state index >= 15 is 0 Å². The predicted molar refractivity (Wildman–Crippen MR) is 198 cm³/mol. The van der Waals surface area contributed by atoms with Crippen molar-refractivity contribution in [3.05, 3.63) is 76.8 Å². The average molecular weight is 776 g/mol. The number of ether oxygens (including phenoxy) is 2. The number of hydrogen-bond donors (Lipinski definition) is 2. The van der Waals surface area contributed by atoms with E-state index in [-0.39, 0.29) is 40.7 Å². The summed E-state index contributed by atoms with van der Waals surface area (Å²) >= 11 is 7.14. The number of piperazine rings is 1. The Morgan fingerprint density at radius 1 is 1.04 bits per heavy atom. The summed E-state index contributed by atoms with van der Waals surface area (Å²) in [5, 5.41) is 6.03. The lowest BCUT2D eigenvalue weighted by Crippen LogP contribution is -2.54. The van der Waals surface area contributed by atoms with E-state index in [1.807, 2.05) is 0 Å². The highest BCUT2D eigenvalue weighted by Crippen LogP contribution is 2.36. The van der Waals surface area contributed by atoms with E-state index in [0.29, 0.717) is 71.6 Å². The average Bonchev–Trinajstić information content (AvgIpc) is 3.43. The number of fused-ring (bicyclic) bond motifs is 2. The van der Waals surface area contributed by atoms with Gasteiger partial charge in [0.2, 0.25) is 17.7 Å². The number of halogens is 2. The molecule has 1 atom stereocenters. The SMILES string of the molecule is COc1cc2ncnc(Nc3ccc(F)c(Cl)c3)c2cc1OCCCN1CCN(C(=O)CSc2cccc3c2C(=O)N(C2CCC(=O)NC2=O)C3=O)CC1. The van der Waals surface area contributed by atoms with Crippen molar-refractivity contribution in [1.82, 2.24) is 30.0 Å². The summed E-state index contributed by atoms with van der Waals surface area (Å²) < 4.78 is 25.4. The Bertz CT molecular complexity index is 2170. The highest BCUT2D eigenvalue weighted by atomic mass is 35.5. The van der Waals surface area contributed by atoms with Crippen molar-refractivity contribution in [3.8, 4) is 11.5 Å². The van der Waals surface area contributed by atoms with Crippen molar-refractivity contribution in [3.63, 3.8) is 0 Å². The Labute approximate surface area is 318 Å². The number of piperidine rings is 1. The summed E-state index contributed by atoms with van der Waals surface area (Å²) in [6.07, 6.45) is 2.25. The Balaban J connectivity index is 0.891. The number of benzene rings is 3. The topological polar surface area (TPSA) is 163 Å². The van der Waals surface area contributed by atoms with E-state index in [2.05, 4.69) is 25.5 Å². The zero-order chi connectivity index (χ0) is 37.9. The van der Waals surface area contributed by atoms with E-state index < -0.39 is 35.5 Å². The number of anilines is 2. The van der Waals surface area contributed by atoms with Gasteiger partial charge < -0.3 is 19.7 Å². The number of rotatable bonds is 12.